The zero-order valence-corrected chi connectivity index (χ0v) is 17.5. The van der Waals surface area contributed by atoms with Crippen LogP contribution in [0.5, 0.6) is 0 Å². The number of carbonyl (C=O) groups excluding carboxylic acids is 1. The molecule has 0 saturated heterocycles. The molecule has 0 bridgehead atoms. The Morgan fingerprint density at radius 2 is 2.00 bits per heavy atom. The minimum atomic E-state index is 0. The number of amides is 1. The van der Waals surface area contributed by atoms with Crippen LogP contribution < -0.4 is 20.9 Å². The largest absolute Gasteiger partial charge is 0.363 e. The van der Waals surface area contributed by atoms with Crippen molar-refractivity contribution in [2.24, 2.45) is 10.9 Å². The molecule has 3 N–H and O–H groups in total. The molecule has 140 valence electrons. The highest BCUT2D eigenvalue weighted by molar-refractivity contribution is 14.0. The van der Waals surface area contributed by atoms with Gasteiger partial charge in [0.25, 0.3) is 0 Å². The van der Waals surface area contributed by atoms with Gasteiger partial charge in [-0.25, -0.2) is 9.98 Å². The molecule has 1 aliphatic carbocycles. The number of guanidine groups is 1. The number of hydrogen-bond donors (Lipinski definition) is 3. The molecule has 1 aromatic rings. The number of hydrogen-bond acceptors (Lipinski definition) is 4. The zero-order chi connectivity index (χ0) is 17.4. The molecular formula is C17H29IN6O. The predicted molar refractivity (Wildman–Crippen MR) is 113 cm³/mol. The summed E-state index contributed by atoms with van der Waals surface area (Å²) in [5.41, 5.74) is 1.10. The molecule has 1 saturated carbocycles. The number of nitrogens with one attached hydrogen (secondary N) is 3. The number of halogens is 1. The van der Waals surface area contributed by atoms with Crippen molar-refractivity contribution in [3.8, 4) is 0 Å². The van der Waals surface area contributed by atoms with Gasteiger partial charge in [0.05, 0.1) is 6.54 Å². The Hall–Kier alpha value is -1.58. The summed E-state index contributed by atoms with van der Waals surface area (Å²) in [5, 5.41) is 9.39. The first kappa shape index (κ1) is 21.5. The molecule has 0 aromatic carbocycles. The summed E-state index contributed by atoms with van der Waals surface area (Å²) in [4.78, 5) is 22.4. The van der Waals surface area contributed by atoms with Crippen LogP contribution in [-0.2, 0) is 11.3 Å². The monoisotopic (exact) mass is 460 g/mol. The van der Waals surface area contributed by atoms with Crippen LogP contribution in [0.4, 0.5) is 5.82 Å². The Kier molecular flexibility index (Phi) is 9.54. The molecule has 0 spiro atoms. The van der Waals surface area contributed by atoms with Gasteiger partial charge in [0, 0.05) is 45.8 Å². The number of aromatic nitrogens is 1. The van der Waals surface area contributed by atoms with E-state index in [0.29, 0.717) is 19.6 Å². The number of nitrogens with zero attached hydrogens (tertiary/aromatic N) is 3. The zero-order valence-electron chi connectivity index (χ0n) is 15.2. The molecule has 25 heavy (non-hydrogen) atoms. The van der Waals surface area contributed by atoms with Crippen molar-refractivity contribution in [1.82, 2.24) is 20.9 Å². The van der Waals surface area contributed by atoms with E-state index in [4.69, 9.17) is 0 Å². The molecule has 2 rings (SSSR count). The first-order valence-corrected chi connectivity index (χ1v) is 8.52. The number of rotatable bonds is 8. The fourth-order valence-corrected chi connectivity index (χ4v) is 2.17. The summed E-state index contributed by atoms with van der Waals surface area (Å²) in [5.74, 6) is 2.10. The Morgan fingerprint density at radius 3 is 2.64 bits per heavy atom. The predicted octanol–water partition coefficient (Wildman–Crippen LogP) is 1.35. The van der Waals surface area contributed by atoms with Gasteiger partial charge in [-0.2, -0.15) is 0 Å². The van der Waals surface area contributed by atoms with Crippen LogP contribution in [0.15, 0.2) is 23.3 Å². The van der Waals surface area contributed by atoms with Crippen LogP contribution in [0.1, 0.15) is 25.3 Å². The van der Waals surface area contributed by atoms with Gasteiger partial charge >= 0.3 is 0 Å². The van der Waals surface area contributed by atoms with Crippen molar-refractivity contribution >= 4 is 41.7 Å². The van der Waals surface area contributed by atoms with Gasteiger partial charge in [-0.15, -0.1) is 24.0 Å². The fourth-order valence-electron chi connectivity index (χ4n) is 2.17. The van der Waals surface area contributed by atoms with Crippen LogP contribution >= 0.6 is 24.0 Å². The van der Waals surface area contributed by atoms with Gasteiger partial charge in [0.15, 0.2) is 5.96 Å². The maximum Gasteiger partial charge on any atom is 0.223 e. The normalized spacial score (nSPS) is 13.6. The van der Waals surface area contributed by atoms with Crippen molar-refractivity contribution in [1.29, 1.82) is 0 Å². The van der Waals surface area contributed by atoms with Gasteiger partial charge in [-0.05, 0) is 37.5 Å². The second-order valence-electron chi connectivity index (χ2n) is 6.10. The van der Waals surface area contributed by atoms with Gasteiger partial charge in [-0.3, -0.25) is 4.79 Å². The quantitative estimate of drug-likeness (QED) is 0.236. The average Bonchev–Trinajstić information content (AvgIpc) is 3.41. The second kappa shape index (κ2) is 11.1. The van der Waals surface area contributed by atoms with E-state index in [1.54, 1.807) is 6.20 Å². The van der Waals surface area contributed by atoms with Crippen molar-refractivity contribution < 1.29 is 4.79 Å². The van der Waals surface area contributed by atoms with E-state index < -0.39 is 0 Å². The molecule has 0 aliphatic heterocycles. The SMILES string of the molecule is CCNC(=NCc1ccnc(N(C)C)c1)NCCNC(=O)C1CC1.I. The topological polar surface area (TPSA) is 81.7 Å². The number of anilines is 1. The summed E-state index contributed by atoms with van der Waals surface area (Å²) in [6.07, 6.45) is 3.86. The third-order valence-corrected chi connectivity index (χ3v) is 3.70. The molecule has 1 fully saturated rings. The highest BCUT2D eigenvalue weighted by atomic mass is 127. The van der Waals surface area contributed by atoms with E-state index in [-0.39, 0.29) is 35.8 Å². The van der Waals surface area contributed by atoms with E-state index >= 15 is 0 Å². The van der Waals surface area contributed by atoms with Gasteiger partial charge in [-0.1, -0.05) is 0 Å². The van der Waals surface area contributed by atoms with Crippen LogP contribution in [0.25, 0.3) is 0 Å². The first-order valence-electron chi connectivity index (χ1n) is 8.52. The van der Waals surface area contributed by atoms with E-state index in [9.17, 15) is 4.79 Å². The number of pyridine rings is 1. The molecule has 0 unspecified atom stereocenters. The van der Waals surface area contributed by atoms with Crippen LogP contribution in [0.3, 0.4) is 0 Å². The molecule has 1 amide bonds. The Bertz CT molecular complexity index is 574. The maximum absolute atomic E-state index is 11.6. The third kappa shape index (κ3) is 7.89. The summed E-state index contributed by atoms with van der Waals surface area (Å²) in [6, 6.07) is 4.00. The minimum absolute atomic E-state index is 0. The summed E-state index contributed by atoms with van der Waals surface area (Å²) < 4.78 is 0. The smallest absolute Gasteiger partial charge is 0.223 e. The highest BCUT2D eigenvalue weighted by Gasteiger charge is 2.28. The minimum Gasteiger partial charge on any atom is -0.363 e. The number of carbonyl (C=O) groups is 1. The summed E-state index contributed by atoms with van der Waals surface area (Å²) in [6.45, 7) is 4.67. The Morgan fingerprint density at radius 1 is 1.28 bits per heavy atom. The fraction of sp³-hybridized carbons (Fsp3) is 0.588. The lowest BCUT2D eigenvalue weighted by molar-refractivity contribution is -0.122. The molecule has 1 heterocycles. The summed E-state index contributed by atoms with van der Waals surface area (Å²) >= 11 is 0. The standard InChI is InChI=1S/C17H28N6O.HI/c1-4-18-17(21-10-9-20-16(24)14-5-6-14)22-12-13-7-8-19-15(11-13)23(2)3;/h7-8,11,14H,4-6,9-10,12H2,1-3H3,(H,20,24)(H2,18,21,22);1H. The van der Waals surface area contributed by atoms with Gasteiger partial charge in [0.1, 0.15) is 5.82 Å². The highest BCUT2D eigenvalue weighted by Crippen LogP contribution is 2.28. The molecule has 0 radical (unpaired) electrons. The van der Waals surface area contributed by atoms with E-state index in [2.05, 4.69) is 25.9 Å². The molecule has 1 aromatic heterocycles. The van der Waals surface area contributed by atoms with Crippen molar-refractivity contribution in [3.05, 3.63) is 23.9 Å². The average molecular weight is 460 g/mol. The Balaban J connectivity index is 0.00000312. The van der Waals surface area contributed by atoms with Crippen LogP contribution in [0, 0.1) is 5.92 Å². The molecule has 7 nitrogen and oxygen atoms in total. The van der Waals surface area contributed by atoms with Crippen LogP contribution in [0.2, 0.25) is 0 Å². The summed E-state index contributed by atoms with van der Waals surface area (Å²) in [7, 11) is 3.94. The van der Waals surface area contributed by atoms with Crippen molar-refractivity contribution in [3.63, 3.8) is 0 Å². The van der Waals surface area contributed by atoms with Gasteiger partial charge in [0.2, 0.25) is 5.91 Å². The third-order valence-electron chi connectivity index (χ3n) is 3.70. The van der Waals surface area contributed by atoms with Crippen molar-refractivity contribution in [2.75, 3.05) is 38.6 Å². The lowest BCUT2D eigenvalue weighted by Gasteiger charge is -2.13. The van der Waals surface area contributed by atoms with E-state index in [0.717, 1.165) is 36.7 Å². The second-order valence-corrected chi connectivity index (χ2v) is 6.10. The number of aliphatic imine (C=N–C) groups is 1. The Labute approximate surface area is 167 Å². The van der Waals surface area contributed by atoms with Crippen LogP contribution in [-0.4, -0.2) is 50.6 Å². The molecule has 1 aliphatic rings. The molecule has 0 atom stereocenters. The molecular weight excluding hydrogens is 431 g/mol. The maximum atomic E-state index is 11.6. The van der Waals surface area contributed by atoms with Crippen molar-refractivity contribution in [2.45, 2.75) is 26.3 Å². The first-order chi connectivity index (χ1) is 11.6. The van der Waals surface area contributed by atoms with E-state index in [1.165, 1.54) is 0 Å². The lowest BCUT2D eigenvalue weighted by atomic mass is 10.2. The lowest BCUT2D eigenvalue weighted by Crippen LogP contribution is -2.41. The van der Waals surface area contributed by atoms with Gasteiger partial charge < -0.3 is 20.9 Å². The molecule has 8 heteroatoms. The van der Waals surface area contributed by atoms with E-state index in [1.807, 2.05) is 38.1 Å².